The zero-order chi connectivity index (χ0) is 11.5. The van der Waals surface area contributed by atoms with Crippen molar-refractivity contribution in [1.82, 2.24) is 10.1 Å². The van der Waals surface area contributed by atoms with Crippen LogP contribution in [0.25, 0.3) is 11.4 Å². The molecule has 0 aliphatic rings. The van der Waals surface area contributed by atoms with Gasteiger partial charge in [0, 0.05) is 17.9 Å². The number of aryl methyl sites for hydroxylation is 1. The van der Waals surface area contributed by atoms with Crippen molar-refractivity contribution in [3.63, 3.8) is 0 Å². The normalized spacial score (nSPS) is 10.7. The first kappa shape index (κ1) is 11.7. The molecule has 6 heteroatoms. The van der Waals surface area contributed by atoms with Crippen molar-refractivity contribution in [3.05, 3.63) is 34.1 Å². The van der Waals surface area contributed by atoms with Crippen LogP contribution in [0.5, 0.6) is 0 Å². The highest BCUT2D eigenvalue weighted by molar-refractivity contribution is 6.42. The number of aromatic nitrogens is 2. The lowest BCUT2D eigenvalue weighted by Gasteiger charge is -1.97. The van der Waals surface area contributed by atoms with E-state index in [1.165, 1.54) is 0 Å². The summed E-state index contributed by atoms with van der Waals surface area (Å²) in [5, 5.41) is 4.79. The summed E-state index contributed by atoms with van der Waals surface area (Å²) in [5.74, 6) is 1.44. The van der Waals surface area contributed by atoms with Gasteiger partial charge in [-0.25, -0.2) is 0 Å². The Morgan fingerprint density at radius 2 is 2.00 bits per heavy atom. The molecule has 0 bridgehead atoms. The Morgan fingerprint density at radius 3 is 2.69 bits per heavy atom. The molecule has 0 unspecified atom stereocenters. The van der Waals surface area contributed by atoms with Crippen LogP contribution in [0.1, 0.15) is 5.89 Å². The van der Waals surface area contributed by atoms with Gasteiger partial charge in [-0.1, -0.05) is 28.4 Å². The minimum absolute atomic E-state index is 0.447. The van der Waals surface area contributed by atoms with Gasteiger partial charge in [0.15, 0.2) is 0 Å². The van der Waals surface area contributed by atoms with Gasteiger partial charge >= 0.3 is 0 Å². The molecule has 0 atom stereocenters. The van der Waals surface area contributed by atoms with Gasteiger partial charge in [-0.15, -0.1) is 11.6 Å². The molecular weight excluding hydrogens is 270 g/mol. The van der Waals surface area contributed by atoms with Gasteiger partial charge in [0.1, 0.15) is 0 Å². The third-order valence-corrected chi connectivity index (χ3v) is 2.88. The fourth-order valence-electron chi connectivity index (χ4n) is 1.19. The van der Waals surface area contributed by atoms with Gasteiger partial charge in [0.2, 0.25) is 11.7 Å². The number of rotatable bonds is 3. The molecule has 0 amide bonds. The number of hydrogen-bond acceptors (Lipinski definition) is 3. The van der Waals surface area contributed by atoms with Crippen LogP contribution < -0.4 is 0 Å². The van der Waals surface area contributed by atoms with E-state index in [0.717, 1.165) is 5.56 Å². The van der Waals surface area contributed by atoms with Crippen molar-refractivity contribution in [2.45, 2.75) is 6.42 Å². The molecule has 2 rings (SSSR count). The van der Waals surface area contributed by atoms with Crippen molar-refractivity contribution in [3.8, 4) is 11.4 Å². The van der Waals surface area contributed by atoms with E-state index >= 15 is 0 Å². The summed E-state index contributed by atoms with van der Waals surface area (Å²) in [6, 6.07) is 5.17. The quantitative estimate of drug-likeness (QED) is 0.801. The maximum absolute atomic E-state index is 5.89. The second-order valence-electron chi connectivity index (χ2n) is 3.08. The standard InChI is InChI=1S/C10H7Cl3N2O/c11-4-3-9-14-10(15-16-9)6-1-2-7(12)8(13)5-6/h1-2,5H,3-4H2. The van der Waals surface area contributed by atoms with Gasteiger partial charge in [-0.05, 0) is 18.2 Å². The Balaban J connectivity index is 2.31. The monoisotopic (exact) mass is 276 g/mol. The average Bonchev–Trinajstić information content (AvgIpc) is 2.71. The first-order valence-corrected chi connectivity index (χ1v) is 5.83. The zero-order valence-electron chi connectivity index (χ0n) is 8.08. The van der Waals surface area contributed by atoms with Crippen LogP contribution in [0.3, 0.4) is 0 Å². The third-order valence-electron chi connectivity index (χ3n) is 1.95. The highest BCUT2D eigenvalue weighted by Gasteiger charge is 2.09. The molecule has 0 saturated carbocycles. The molecule has 1 aromatic heterocycles. The number of halogens is 3. The predicted octanol–water partition coefficient (Wildman–Crippen LogP) is 3.82. The highest BCUT2D eigenvalue weighted by atomic mass is 35.5. The average molecular weight is 278 g/mol. The van der Waals surface area contributed by atoms with Crippen molar-refractivity contribution in [2.24, 2.45) is 0 Å². The van der Waals surface area contributed by atoms with Crippen LogP contribution in [0.15, 0.2) is 22.7 Å². The molecule has 84 valence electrons. The molecular formula is C10H7Cl3N2O. The van der Waals surface area contributed by atoms with E-state index in [-0.39, 0.29) is 0 Å². The molecule has 1 aromatic carbocycles. The Hall–Kier alpha value is -0.770. The molecule has 2 aromatic rings. The fourth-order valence-corrected chi connectivity index (χ4v) is 1.65. The largest absolute Gasteiger partial charge is 0.339 e. The van der Waals surface area contributed by atoms with Crippen molar-refractivity contribution in [1.29, 1.82) is 0 Å². The zero-order valence-corrected chi connectivity index (χ0v) is 10.4. The summed E-state index contributed by atoms with van der Waals surface area (Å²) >= 11 is 17.3. The molecule has 0 spiro atoms. The molecule has 3 nitrogen and oxygen atoms in total. The van der Waals surface area contributed by atoms with E-state index in [1.807, 2.05) is 0 Å². The van der Waals surface area contributed by atoms with E-state index in [4.69, 9.17) is 39.3 Å². The summed E-state index contributed by atoms with van der Waals surface area (Å²) in [5.41, 5.74) is 0.763. The van der Waals surface area contributed by atoms with E-state index in [1.54, 1.807) is 18.2 Å². The molecule has 0 aliphatic carbocycles. The van der Waals surface area contributed by atoms with E-state index in [9.17, 15) is 0 Å². The minimum atomic E-state index is 0.447. The molecule has 0 radical (unpaired) electrons. The van der Waals surface area contributed by atoms with Gasteiger partial charge in [-0.2, -0.15) is 4.98 Å². The number of benzene rings is 1. The van der Waals surface area contributed by atoms with Gasteiger partial charge in [-0.3, -0.25) is 0 Å². The van der Waals surface area contributed by atoms with Crippen LogP contribution in [0.4, 0.5) is 0 Å². The summed E-state index contributed by atoms with van der Waals surface area (Å²) in [6.07, 6.45) is 0.551. The van der Waals surface area contributed by atoms with Crippen molar-refractivity contribution in [2.75, 3.05) is 5.88 Å². The van der Waals surface area contributed by atoms with Crippen LogP contribution in [0.2, 0.25) is 10.0 Å². The Labute approximate surface area is 107 Å². The predicted molar refractivity (Wildman–Crippen MR) is 64.2 cm³/mol. The SMILES string of the molecule is ClCCc1nc(-c2ccc(Cl)c(Cl)c2)no1. The Kier molecular flexibility index (Phi) is 3.69. The lowest BCUT2D eigenvalue weighted by Crippen LogP contribution is -1.86. The van der Waals surface area contributed by atoms with E-state index < -0.39 is 0 Å². The summed E-state index contributed by atoms with van der Waals surface area (Å²) in [7, 11) is 0. The lowest BCUT2D eigenvalue weighted by molar-refractivity contribution is 0.383. The third kappa shape index (κ3) is 2.48. The lowest BCUT2D eigenvalue weighted by atomic mass is 10.2. The van der Waals surface area contributed by atoms with Gasteiger partial charge in [0.25, 0.3) is 0 Å². The Bertz CT molecular complexity index is 499. The first-order chi connectivity index (χ1) is 7.70. The number of alkyl halides is 1. The van der Waals surface area contributed by atoms with Gasteiger partial charge in [0.05, 0.1) is 10.0 Å². The maximum atomic E-state index is 5.89. The second-order valence-corrected chi connectivity index (χ2v) is 4.27. The number of nitrogens with zero attached hydrogens (tertiary/aromatic N) is 2. The van der Waals surface area contributed by atoms with Crippen LogP contribution >= 0.6 is 34.8 Å². The van der Waals surface area contributed by atoms with E-state index in [2.05, 4.69) is 10.1 Å². The molecule has 0 N–H and O–H groups in total. The molecule has 0 fully saturated rings. The van der Waals surface area contributed by atoms with Crippen molar-refractivity contribution >= 4 is 34.8 Å². The minimum Gasteiger partial charge on any atom is -0.339 e. The van der Waals surface area contributed by atoms with Crippen LogP contribution in [0, 0.1) is 0 Å². The van der Waals surface area contributed by atoms with Crippen molar-refractivity contribution < 1.29 is 4.52 Å². The van der Waals surface area contributed by atoms with Gasteiger partial charge < -0.3 is 4.52 Å². The molecule has 1 heterocycles. The molecule has 0 aliphatic heterocycles. The maximum Gasteiger partial charge on any atom is 0.228 e. The number of hydrogen-bond donors (Lipinski definition) is 0. The topological polar surface area (TPSA) is 38.9 Å². The summed E-state index contributed by atoms with van der Waals surface area (Å²) < 4.78 is 5.01. The molecule has 0 saturated heterocycles. The molecule has 16 heavy (non-hydrogen) atoms. The fraction of sp³-hybridized carbons (Fsp3) is 0.200. The van der Waals surface area contributed by atoms with Crippen LogP contribution in [-0.2, 0) is 6.42 Å². The van der Waals surface area contributed by atoms with Crippen LogP contribution in [-0.4, -0.2) is 16.0 Å². The second kappa shape index (κ2) is 5.04. The summed E-state index contributed by atoms with van der Waals surface area (Å²) in [4.78, 5) is 4.18. The summed E-state index contributed by atoms with van der Waals surface area (Å²) in [6.45, 7) is 0. The van der Waals surface area contributed by atoms with E-state index in [0.29, 0.717) is 34.1 Å². The first-order valence-electron chi connectivity index (χ1n) is 4.54. The Morgan fingerprint density at radius 1 is 1.19 bits per heavy atom. The highest BCUT2D eigenvalue weighted by Crippen LogP contribution is 2.27. The smallest absolute Gasteiger partial charge is 0.228 e.